The molecular formula is C17H19Cl2N3O3. The maximum absolute atomic E-state index is 12.5. The maximum atomic E-state index is 12.5. The summed E-state index contributed by atoms with van der Waals surface area (Å²) in [5.74, 6) is -0.613. The SMILES string of the molecule is C[C@H](NC(=O)CN1C(=O)N[C@](C)(C2CC2)C1=O)c1ccc(Cl)cc1Cl. The summed E-state index contributed by atoms with van der Waals surface area (Å²) in [6.45, 7) is 3.18. The summed E-state index contributed by atoms with van der Waals surface area (Å²) in [5, 5.41) is 6.42. The molecule has 0 radical (unpaired) electrons. The summed E-state index contributed by atoms with van der Waals surface area (Å²) in [7, 11) is 0. The van der Waals surface area contributed by atoms with E-state index in [0.717, 1.165) is 17.7 Å². The molecule has 0 unspecified atom stereocenters. The highest BCUT2D eigenvalue weighted by atomic mass is 35.5. The van der Waals surface area contributed by atoms with Gasteiger partial charge in [0.15, 0.2) is 0 Å². The predicted octanol–water partition coefficient (Wildman–Crippen LogP) is 2.89. The molecule has 1 saturated carbocycles. The van der Waals surface area contributed by atoms with Crippen molar-refractivity contribution in [2.24, 2.45) is 5.92 Å². The molecule has 1 aliphatic carbocycles. The third-order valence-electron chi connectivity index (χ3n) is 4.80. The summed E-state index contributed by atoms with van der Waals surface area (Å²) in [6.07, 6.45) is 1.82. The number of nitrogens with zero attached hydrogens (tertiary/aromatic N) is 1. The van der Waals surface area contributed by atoms with Gasteiger partial charge in [-0.15, -0.1) is 0 Å². The van der Waals surface area contributed by atoms with Crippen LogP contribution in [0.3, 0.4) is 0 Å². The van der Waals surface area contributed by atoms with Gasteiger partial charge in [0.2, 0.25) is 5.91 Å². The number of hydrogen-bond acceptors (Lipinski definition) is 3. The first-order chi connectivity index (χ1) is 11.7. The summed E-state index contributed by atoms with van der Waals surface area (Å²) in [5.41, 5.74) is -0.179. The van der Waals surface area contributed by atoms with E-state index in [1.54, 1.807) is 32.0 Å². The quantitative estimate of drug-likeness (QED) is 0.767. The van der Waals surface area contributed by atoms with Crippen LogP contribution in [-0.2, 0) is 9.59 Å². The molecule has 2 fully saturated rings. The Labute approximate surface area is 155 Å². The van der Waals surface area contributed by atoms with Crippen molar-refractivity contribution in [2.45, 2.75) is 38.3 Å². The molecule has 1 heterocycles. The van der Waals surface area contributed by atoms with Crippen LogP contribution in [0.25, 0.3) is 0 Å². The van der Waals surface area contributed by atoms with Crippen LogP contribution in [-0.4, -0.2) is 34.8 Å². The van der Waals surface area contributed by atoms with Crippen LogP contribution in [0.4, 0.5) is 4.79 Å². The molecule has 1 aromatic carbocycles. The zero-order valence-corrected chi connectivity index (χ0v) is 15.4. The van der Waals surface area contributed by atoms with Gasteiger partial charge in [0.1, 0.15) is 12.1 Å². The topological polar surface area (TPSA) is 78.5 Å². The Morgan fingerprint density at radius 2 is 2.08 bits per heavy atom. The summed E-state index contributed by atoms with van der Waals surface area (Å²) < 4.78 is 0. The number of urea groups is 1. The third-order valence-corrected chi connectivity index (χ3v) is 5.37. The Kier molecular flexibility index (Phi) is 4.68. The number of carbonyl (C=O) groups is 3. The van der Waals surface area contributed by atoms with Crippen LogP contribution in [0.1, 0.15) is 38.3 Å². The van der Waals surface area contributed by atoms with Crippen LogP contribution in [0, 0.1) is 5.92 Å². The molecule has 2 N–H and O–H groups in total. The number of rotatable bonds is 5. The van der Waals surface area contributed by atoms with E-state index < -0.39 is 17.5 Å². The van der Waals surface area contributed by atoms with Gasteiger partial charge < -0.3 is 10.6 Å². The lowest BCUT2D eigenvalue weighted by Crippen LogP contribution is -2.47. The van der Waals surface area contributed by atoms with E-state index in [4.69, 9.17) is 23.2 Å². The van der Waals surface area contributed by atoms with Crippen LogP contribution >= 0.6 is 23.2 Å². The number of imide groups is 1. The maximum Gasteiger partial charge on any atom is 0.325 e. The predicted molar refractivity (Wildman–Crippen MR) is 94.4 cm³/mol. The average molecular weight is 384 g/mol. The lowest BCUT2D eigenvalue weighted by atomic mass is 9.96. The Hall–Kier alpha value is -1.79. The van der Waals surface area contributed by atoms with Gasteiger partial charge in [-0.25, -0.2) is 4.79 Å². The minimum Gasteiger partial charge on any atom is -0.348 e. The highest BCUT2D eigenvalue weighted by Crippen LogP contribution is 2.42. The standard InChI is InChI=1S/C17H19Cl2N3O3/c1-9(12-6-5-11(18)7-13(12)19)20-14(23)8-22-15(24)17(2,10-3-4-10)21-16(22)25/h5-7,9-10H,3-4,8H2,1-2H3,(H,20,23)(H,21,25)/t9-,17+/m0/s1. The molecule has 8 heteroatoms. The minimum absolute atomic E-state index is 0.156. The van der Waals surface area contributed by atoms with Crippen LogP contribution < -0.4 is 10.6 Å². The molecule has 3 rings (SSSR count). The minimum atomic E-state index is -0.886. The van der Waals surface area contributed by atoms with Crippen LogP contribution in [0.15, 0.2) is 18.2 Å². The Morgan fingerprint density at radius 3 is 2.68 bits per heavy atom. The molecule has 25 heavy (non-hydrogen) atoms. The van der Waals surface area contributed by atoms with Gasteiger partial charge in [0.05, 0.1) is 6.04 Å². The van der Waals surface area contributed by atoms with E-state index in [2.05, 4.69) is 10.6 Å². The largest absolute Gasteiger partial charge is 0.348 e. The fraction of sp³-hybridized carbons (Fsp3) is 0.471. The summed E-state index contributed by atoms with van der Waals surface area (Å²) >= 11 is 12.0. The van der Waals surface area contributed by atoms with Crippen molar-refractivity contribution in [3.8, 4) is 0 Å². The molecule has 0 spiro atoms. The molecular weight excluding hydrogens is 365 g/mol. The van der Waals surface area contributed by atoms with Gasteiger partial charge in [-0.3, -0.25) is 14.5 Å². The van der Waals surface area contributed by atoms with Crippen molar-refractivity contribution in [2.75, 3.05) is 6.54 Å². The average Bonchev–Trinajstić information content (AvgIpc) is 3.33. The fourth-order valence-electron chi connectivity index (χ4n) is 3.16. The zero-order chi connectivity index (χ0) is 18.4. The normalized spacial score (nSPS) is 24.2. The molecule has 0 aromatic heterocycles. The third kappa shape index (κ3) is 3.46. The molecule has 1 aromatic rings. The van der Waals surface area contributed by atoms with Crippen LogP contribution in [0.5, 0.6) is 0 Å². The molecule has 134 valence electrons. The van der Waals surface area contributed by atoms with Gasteiger partial charge in [-0.2, -0.15) is 0 Å². The second-order valence-electron chi connectivity index (χ2n) is 6.75. The Bertz CT molecular complexity index is 751. The molecule has 1 aliphatic heterocycles. The first-order valence-electron chi connectivity index (χ1n) is 8.11. The monoisotopic (exact) mass is 383 g/mol. The number of halogens is 2. The van der Waals surface area contributed by atoms with Gasteiger partial charge >= 0.3 is 6.03 Å². The molecule has 0 bridgehead atoms. The number of benzene rings is 1. The fourth-order valence-corrected chi connectivity index (χ4v) is 3.73. The van der Waals surface area contributed by atoms with E-state index in [-0.39, 0.29) is 24.4 Å². The Morgan fingerprint density at radius 1 is 1.40 bits per heavy atom. The van der Waals surface area contributed by atoms with Gasteiger partial charge in [0, 0.05) is 10.0 Å². The Balaban J connectivity index is 1.64. The summed E-state index contributed by atoms with van der Waals surface area (Å²) in [4.78, 5) is 37.9. The van der Waals surface area contributed by atoms with E-state index in [9.17, 15) is 14.4 Å². The van der Waals surface area contributed by atoms with E-state index in [1.807, 2.05) is 0 Å². The van der Waals surface area contributed by atoms with Crippen molar-refractivity contribution in [3.63, 3.8) is 0 Å². The highest BCUT2D eigenvalue weighted by molar-refractivity contribution is 6.35. The zero-order valence-electron chi connectivity index (χ0n) is 13.9. The van der Waals surface area contributed by atoms with Gasteiger partial charge in [-0.05, 0) is 50.3 Å². The lowest BCUT2D eigenvalue weighted by Gasteiger charge is -2.21. The lowest BCUT2D eigenvalue weighted by molar-refractivity contribution is -0.135. The first-order valence-corrected chi connectivity index (χ1v) is 8.86. The van der Waals surface area contributed by atoms with Crippen molar-refractivity contribution in [1.29, 1.82) is 0 Å². The molecule has 2 atom stereocenters. The second kappa shape index (κ2) is 6.50. The van der Waals surface area contributed by atoms with Gasteiger partial charge in [-0.1, -0.05) is 29.3 Å². The number of hydrogen-bond donors (Lipinski definition) is 2. The van der Waals surface area contributed by atoms with Crippen LogP contribution in [0.2, 0.25) is 10.0 Å². The number of nitrogens with one attached hydrogen (secondary N) is 2. The van der Waals surface area contributed by atoms with Crippen molar-refractivity contribution < 1.29 is 14.4 Å². The number of carbonyl (C=O) groups excluding carboxylic acids is 3. The highest BCUT2D eigenvalue weighted by Gasteiger charge is 2.56. The molecule has 4 amide bonds. The molecule has 2 aliphatic rings. The smallest absolute Gasteiger partial charge is 0.325 e. The molecule has 6 nitrogen and oxygen atoms in total. The first kappa shape index (κ1) is 18.0. The van der Waals surface area contributed by atoms with E-state index >= 15 is 0 Å². The number of amides is 4. The van der Waals surface area contributed by atoms with Crippen molar-refractivity contribution in [1.82, 2.24) is 15.5 Å². The molecule has 1 saturated heterocycles. The van der Waals surface area contributed by atoms with Crippen molar-refractivity contribution >= 4 is 41.0 Å². The summed E-state index contributed by atoms with van der Waals surface area (Å²) in [6, 6.07) is 4.11. The van der Waals surface area contributed by atoms with E-state index in [1.165, 1.54) is 0 Å². The van der Waals surface area contributed by atoms with Gasteiger partial charge in [0.25, 0.3) is 5.91 Å². The van der Waals surface area contributed by atoms with Crippen molar-refractivity contribution in [3.05, 3.63) is 33.8 Å². The second-order valence-corrected chi connectivity index (χ2v) is 7.60. The van der Waals surface area contributed by atoms with E-state index in [0.29, 0.717) is 15.6 Å².